The number of nitrogens with zero attached hydrogens (tertiary/aromatic N) is 1. The van der Waals surface area contributed by atoms with E-state index in [1.807, 2.05) is 11.8 Å². The zero-order valence-electron chi connectivity index (χ0n) is 7.68. The highest BCUT2D eigenvalue weighted by Crippen LogP contribution is 1.99. The van der Waals surface area contributed by atoms with Gasteiger partial charge in [0.1, 0.15) is 0 Å². The summed E-state index contributed by atoms with van der Waals surface area (Å²) < 4.78 is 0. The molecule has 0 rings (SSSR count). The predicted octanol–water partition coefficient (Wildman–Crippen LogP) is 2.04. The van der Waals surface area contributed by atoms with Crippen LogP contribution in [-0.2, 0) is 4.79 Å². The van der Waals surface area contributed by atoms with Crippen molar-refractivity contribution in [3.63, 3.8) is 0 Å². The maximum atomic E-state index is 10.3. The fourth-order valence-electron chi connectivity index (χ4n) is 1.03. The van der Waals surface area contributed by atoms with Gasteiger partial charge in [-0.3, -0.25) is 4.79 Å². The van der Waals surface area contributed by atoms with Crippen molar-refractivity contribution in [2.45, 2.75) is 39.5 Å². The van der Waals surface area contributed by atoms with E-state index in [1.165, 1.54) is 19.3 Å². The molecule has 0 aromatic carbocycles. The molecule has 0 N–H and O–H groups in total. The molecule has 0 fully saturated rings. The zero-order valence-corrected chi connectivity index (χ0v) is 7.68. The third-order valence-corrected chi connectivity index (χ3v) is 1.85. The van der Waals surface area contributed by atoms with Gasteiger partial charge in [-0.15, -0.1) is 0 Å². The smallest absolute Gasteiger partial charge is 0.209 e. The zero-order chi connectivity index (χ0) is 8.53. The van der Waals surface area contributed by atoms with E-state index in [1.54, 1.807) is 0 Å². The van der Waals surface area contributed by atoms with E-state index >= 15 is 0 Å². The lowest BCUT2D eigenvalue weighted by atomic mass is 10.2. The molecule has 0 unspecified atom stereocenters. The van der Waals surface area contributed by atoms with Gasteiger partial charge in [0.2, 0.25) is 6.41 Å². The Morgan fingerprint density at radius 3 is 2.36 bits per heavy atom. The normalized spacial score (nSPS) is 9.64. The summed E-state index contributed by atoms with van der Waals surface area (Å²) in [6, 6.07) is 0. The van der Waals surface area contributed by atoms with Crippen LogP contribution in [0.3, 0.4) is 0 Å². The number of amides is 1. The summed E-state index contributed by atoms with van der Waals surface area (Å²) in [4.78, 5) is 12.1. The average Bonchev–Trinajstić information content (AvgIpc) is 2.05. The lowest BCUT2D eigenvalue weighted by Gasteiger charge is -2.13. The van der Waals surface area contributed by atoms with Crippen molar-refractivity contribution in [3.8, 4) is 0 Å². The Kier molecular flexibility index (Phi) is 7.21. The molecular weight excluding hydrogens is 138 g/mol. The van der Waals surface area contributed by atoms with Crippen molar-refractivity contribution >= 4 is 6.41 Å². The first-order valence-corrected chi connectivity index (χ1v) is 4.54. The minimum atomic E-state index is 0.843. The first kappa shape index (κ1) is 10.5. The van der Waals surface area contributed by atoms with E-state index in [0.29, 0.717) is 0 Å². The van der Waals surface area contributed by atoms with Crippen LogP contribution in [0.1, 0.15) is 39.5 Å². The second-order valence-electron chi connectivity index (χ2n) is 2.79. The van der Waals surface area contributed by atoms with E-state index in [9.17, 15) is 4.79 Å². The highest BCUT2D eigenvalue weighted by Gasteiger charge is 1.95. The molecule has 66 valence electrons. The molecule has 0 aromatic heterocycles. The Hall–Kier alpha value is -0.530. The Labute approximate surface area is 69.6 Å². The molecule has 0 aliphatic carbocycles. The summed E-state index contributed by atoms with van der Waals surface area (Å²) in [6.45, 7) is 5.97. The van der Waals surface area contributed by atoms with Crippen LogP contribution in [0.5, 0.6) is 0 Å². The molecule has 0 saturated heterocycles. The number of carbonyl (C=O) groups is 1. The van der Waals surface area contributed by atoms with Crippen LogP contribution in [0.4, 0.5) is 0 Å². The largest absolute Gasteiger partial charge is 0.346 e. The molecule has 2 nitrogen and oxygen atoms in total. The van der Waals surface area contributed by atoms with Gasteiger partial charge < -0.3 is 4.90 Å². The van der Waals surface area contributed by atoms with Crippen molar-refractivity contribution in [3.05, 3.63) is 0 Å². The molecule has 0 aromatic rings. The average molecular weight is 157 g/mol. The molecule has 0 atom stereocenters. The third kappa shape index (κ3) is 5.89. The number of carbonyl (C=O) groups excluding carboxylic acids is 1. The number of unbranched alkanes of at least 4 members (excludes halogenated alkanes) is 3. The van der Waals surface area contributed by atoms with Crippen LogP contribution in [0.25, 0.3) is 0 Å². The lowest BCUT2D eigenvalue weighted by Crippen LogP contribution is -2.22. The highest BCUT2D eigenvalue weighted by atomic mass is 16.1. The Morgan fingerprint density at radius 1 is 1.18 bits per heavy atom. The van der Waals surface area contributed by atoms with Gasteiger partial charge in [0, 0.05) is 13.1 Å². The fraction of sp³-hybridized carbons (Fsp3) is 0.889. The highest BCUT2D eigenvalue weighted by molar-refractivity contribution is 5.46. The van der Waals surface area contributed by atoms with Crippen molar-refractivity contribution in [1.29, 1.82) is 0 Å². The molecule has 0 saturated carbocycles. The number of hydrogen-bond acceptors (Lipinski definition) is 1. The Morgan fingerprint density at radius 2 is 1.91 bits per heavy atom. The summed E-state index contributed by atoms with van der Waals surface area (Å²) in [7, 11) is 0. The molecule has 0 bridgehead atoms. The van der Waals surface area contributed by atoms with Gasteiger partial charge in [0.15, 0.2) is 0 Å². The monoisotopic (exact) mass is 157 g/mol. The van der Waals surface area contributed by atoms with Gasteiger partial charge in [0.25, 0.3) is 0 Å². The molecule has 0 aliphatic heterocycles. The van der Waals surface area contributed by atoms with Crippen LogP contribution >= 0.6 is 0 Å². The fourth-order valence-corrected chi connectivity index (χ4v) is 1.03. The van der Waals surface area contributed by atoms with Crippen LogP contribution < -0.4 is 0 Å². The SMILES string of the molecule is CCCCCCN(C=O)CC. The minimum absolute atomic E-state index is 0.843. The summed E-state index contributed by atoms with van der Waals surface area (Å²) in [5.74, 6) is 0. The molecule has 11 heavy (non-hydrogen) atoms. The van der Waals surface area contributed by atoms with Crippen molar-refractivity contribution in [2.75, 3.05) is 13.1 Å². The van der Waals surface area contributed by atoms with Crippen molar-refractivity contribution < 1.29 is 4.79 Å². The van der Waals surface area contributed by atoms with E-state index < -0.39 is 0 Å². The van der Waals surface area contributed by atoms with Crippen LogP contribution in [0.15, 0.2) is 0 Å². The Bertz CT molecular complexity index is 93.6. The van der Waals surface area contributed by atoms with Crippen LogP contribution in [-0.4, -0.2) is 24.4 Å². The standard InChI is InChI=1S/C9H19NO/c1-3-5-6-7-8-10(4-2)9-11/h9H,3-8H2,1-2H3. The summed E-state index contributed by atoms with van der Waals surface area (Å²) in [5, 5.41) is 0. The molecule has 0 spiro atoms. The minimum Gasteiger partial charge on any atom is -0.346 e. The maximum absolute atomic E-state index is 10.3. The van der Waals surface area contributed by atoms with E-state index in [4.69, 9.17) is 0 Å². The summed E-state index contributed by atoms with van der Waals surface area (Å²) >= 11 is 0. The van der Waals surface area contributed by atoms with Gasteiger partial charge in [-0.05, 0) is 13.3 Å². The third-order valence-electron chi connectivity index (χ3n) is 1.85. The maximum Gasteiger partial charge on any atom is 0.209 e. The lowest BCUT2D eigenvalue weighted by molar-refractivity contribution is -0.118. The predicted molar refractivity (Wildman–Crippen MR) is 47.5 cm³/mol. The van der Waals surface area contributed by atoms with Gasteiger partial charge >= 0.3 is 0 Å². The second-order valence-corrected chi connectivity index (χ2v) is 2.79. The molecule has 0 heterocycles. The van der Waals surface area contributed by atoms with Crippen molar-refractivity contribution in [2.24, 2.45) is 0 Å². The van der Waals surface area contributed by atoms with Crippen LogP contribution in [0, 0.1) is 0 Å². The topological polar surface area (TPSA) is 20.3 Å². The first-order valence-electron chi connectivity index (χ1n) is 4.54. The molecular formula is C9H19NO. The van der Waals surface area contributed by atoms with E-state index in [-0.39, 0.29) is 0 Å². The number of rotatable bonds is 7. The van der Waals surface area contributed by atoms with E-state index in [2.05, 4.69) is 6.92 Å². The van der Waals surface area contributed by atoms with Gasteiger partial charge in [-0.2, -0.15) is 0 Å². The van der Waals surface area contributed by atoms with Crippen LogP contribution in [0.2, 0.25) is 0 Å². The molecule has 1 amide bonds. The second kappa shape index (κ2) is 7.58. The molecule has 0 radical (unpaired) electrons. The quantitative estimate of drug-likeness (QED) is 0.409. The summed E-state index contributed by atoms with van der Waals surface area (Å²) in [5.41, 5.74) is 0. The van der Waals surface area contributed by atoms with Crippen molar-refractivity contribution in [1.82, 2.24) is 4.90 Å². The van der Waals surface area contributed by atoms with E-state index in [0.717, 1.165) is 25.9 Å². The Balaban J connectivity index is 3.14. The number of hydrogen-bond donors (Lipinski definition) is 0. The first-order chi connectivity index (χ1) is 5.35. The van der Waals surface area contributed by atoms with Gasteiger partial charge in [-0.25, -0.2) is 0 Å². The van der Waals surface area contributed by atoms with Gasteiger partial charge in [-0.1, -0.05) is 26.2 Å². The summed E-state index contributed by atoms with van der Waals surface area (Å²) in [6.07, 6.45) is 5.89. The van der Waals surface area contributed by atoms with Gasteiger partial charge in [0.05, 0.1) is 0 Å². The molecule has 0 aliphatic rings. The molecule has 2 heteroatoms.